The van der Waals surface area contributed by atoms with Crippen molar-refractivity contribution in [3.8, 4) is 0 Å². The monoisotopic (exact) mass is 297 g/mol. The predicted molar refractivity (Wildman–Crippen MR) is 80.7 cm³/mol. The zero-order valence-corrected chi connectivity index (χ0v) is 12.9. The van der Waals surface area contributed by atoms with Gasteiger partial charge in [-0.25, -0.2) is 0 Å². The Morgan fingerprint density at radius 3 is 2.65 bits per heavy atom. The van der Waals surface area contributed by atoms with Gasteiger partial charge >= 0.3 is 0 Å². The third-order valence-corrected chi connectivity index (χ3v) is 5.59. The number of hydrogen-bond donors (Lipinski definition) is 1. The van der Waals surface area contributed by atoms with E-state index in [1.54, 1.807) is 18.4 Å². The minimum absolute atomic E-state index is 0.0349. The Balaban J connectivity index is 2.22. The molecule has 5 nitrogen and oxygen atoms in total. The van der Waals surface area contributed by atoms with E-state index in [9.17, 15) is 8.42 Å². The maximum absolute atomic E-state index is 12.5. The molecule has 0 aliphatic carbocycles. The quantitative estimate of drug-likeness (QED) is 0.890. The molecule has 0 bridgehead atoms. The van der Waals surface area contributed by atoms with Gasteiger partial charge in [-0.3, -0.25) is 0 Å². The largest absolute Gasteiger partial charge is 0.315 e. The normalized spacial score (nSPS) is 21.9. The third-order valence-electron chi connectivity index (χ3n) is 3.59. The van der Waals surface area contributed by atoms with Gasteiger partial charge in [0.05, 0.1) is 0 Å². The lowest BCUT2D eigenvalue weighted by molar-refractivity contribution is 0.310. The van der Waals surface area contributed by atoms with Crippen molar-refractivity contribution in [2.24, 2.45) is 0 Å². The molecule has 2 rings (SSSR count). The average Bonchev–Trinajstić information content (AvgIpc) is 2.65. The molecule has 1 aliphatic rings. The molecule has 1 N–H and O–H groups in total. The van der Waals surface area contributed by atoms with E-state index < -0.39 is 10.2 Å². The number of hydrogen-bond acceptors (Lipinski definition) is 3. The Morgan fingerprint density at radius 1 is 1.30 bits per heavy atom. The van der Waals surface area contributed by atoms with Gasteiger partial charge in [-0.15, -0.1) is 0 Å². The minimum atomic E-state index is -3.37. The summed E-state index contributed by atoms with van der Waals surface area (Å²) < 4.78 is 27.9. The van der Waals surface area contributed by atoms with Crippen LogP contribution in [0.5, 0.6) is 0 Å². The van der Waals surface area contributed by atoms with Crippen molar-refractivity contribution in [3.63, 3.8) is 0 Å². The molecule has 1 atom stereocenters. The van der Waals surface area contributed by atoms with Gasteiger partial charge in [0, 0.05) is 33.2 Å². The third kappa shape index (κ3) is 3.58. The Labute approximate surface area is 121 Å². The molecule has 112 valence electrons. The van der Waals surface area contributed by atoms with Crippen LogP contribution < -0.4 is 5.32 Å². The standard InChI is InChI=1S/C14H23N3O2S/c1-16(2)20(18,19)17-10-6-9-15-12-14(17)11-13-7-4-3-5-8-13/h3-5,7-8,14-15H,6,9-12H2,1-2H3. The van der Waals surface area contributed by atoms with Crippen molar-refractivity contribution < 1.29 is 8.42 Å². The van der Waals surface area contributed by atoms with E-state index in [4.69, 9.17) is 0 Å². The lowest BCUT2D eigenvalue weighted by Crippen LogP contribution is -2.49. The highest BCUT2D eigenvalue weighted by Gasteiger charge is 2.32. The van der Waals surface area contributed by atoms with Crippen LogP contribution in [0.1, 0.15) is 12.0 Å². The minimum Gasteiger partial charge on any atom is -0.315 e. The van der Waals surface area contributed by atoms with Gasteiger partial charge in [-0.2, -0.15) is 17.0 Å². The first-order valence-corrected chi connectivity index (χ1v) is 8.35. The molecule has 1 saturated heterocycles. The first-order valence-electron chi connectivity index (χ1n) is 6.96. The van der Waals surface area contributed by atoms with Gasteiger partial charge in [0.25, 0.3) is 10.2 Å². The topological polar surface area (TPSA) is 52.7 Å². The first kappa shape index (κ1) is 15.4. The summed E-state index contributed by atoms with van der Waals surface area (Å²) in [4.78, 5) is 0. The lowest BCUT2D eigenvalue weighted by Gasteiger charge is -2.31. The first-order chi connectivity index (χ1) is 9.51. The van der Waals surface area contributed by atoms with Crippen molar-refractivity contribution in [1.29, 1.82) is 0 Å². The van der Waals surface area contributed by atoms with Crippen molar-refractivity contribution in [3.05, 3.63) is 35.9 Å². The smallest absolute Gasteiger partial charge is 0.281 e. The molecule has 1 aromatic rings. The molecule has 20 heavy (non-hydrogen) atoms. The fraction of sp³-hybridized carbons (Fsp3) is 0.571. The maximum Gasteiger partial charge on any atom is 0.281 e. The van der Waals surface area contributed by atoms with Gasteiger partial charge in [0.2, 0.25) is 0 Å². The zero-order chi connectivity index (χ0) is 14.6. The summed E-state index contributed by atoms with van der Waals surface area (Å²) in [5, 5.41) is 3.33. The molecule has 0 radical (unpaired) electrons. The molecule has 1 aromatic carbocycles. The van der Waals surface area contributed by atoms with Gasteiger partial charge < -0.3 is 5.32 Å². The second-order valence-corrected chi connectivity index (χ2v) is 7.40. The van der Waals surface area contributed by atoms with Crippen molar-refractivity contribution in [1.82, 2.24) is 13.9 Å². The van der Waals surface area contributed by atoms with Crippen LogP contribution in [0.15, 0.2) is 30.3 Å². The van der Waals surface area contributed by atoms with Crippen LogP contribution in [-0.4, -0.2) is 56.8 Å². The summed E-state index contributed by atoms with van der Waals surface area (Å²) in [6, 6.07) is 10.0. The Kier molecular flexibility index (Phi) is 5.15. The van der Waals surface area contributed by atoms with Crippen molar-refractivity contribution >= 4 is 10.2 Å². The highest BCUT2D eigenvalue weighted by atomic mass is 32.2. The van der Waals surface area contributed by atoms with E-state index in [1.165, 1.54) is 9.87 Å². The van der Waals surface area contributed by atoms with Crippen LogP contribution in [0, 0.1) is 0 Å². The Morgan fingerprint density at radius 2 is 2.00 bits per heavy atom. The van der Waals surface area contributed by atoms with E-state index in [2.05, 4.69) is 5.32 Å². The molecule has 1 aliphatic heterocycles. The second-order valence-electron chi connectivity index (χ2n) is 5.30. The van der Waals surface area contributed by atoms with Gasteiger partial charge in [0.1, 0.15) is 0 Å². The van der Waals surface area contributed by atoms with E-state index in [0.717, 1.165) is 19.4 Å². The fourth-order valence-electron chi connectivity index (χ4n) is 2.49. The number of rotatable bonds is 4. The van der Waals surface area contributed by atoms with Gasteiger partial charge in [-0.05, 0) is 24.9 Å². The molecular formula is C14H23N3O2S. The van der Waals surface area contributed by atoms with Crippen LogP contribution in [0.2, 0.25) is 0 Å². The molecule has 1 heterocycles. The number of nitrogens with one attached hydrogen (secondary N) is 1. The molecule has 0 spiro atoms. The summed E-state index contributed by atoms with van der Waals surface area (Å²) >= 11 is 0. The average molecular weight is 297 g/mol. The summed E-state index contributed by atoms with van der Waals surface area (Å²) in [5.41, 5.74) is 1.17. The molecule has 1 unspecified atom stereocenters. The summed E-state index contributed by atoms with van der Waals surface area (Å²) in [5.74, 6) is 0. The summed E-state index contributed by atoms with van der Waals surface area (Å²) in [6.45, 7) is 2.14. The Hall–Kier alpha value is -0.950. The zero-order valence-electron chi connectivity index (χ0n) is 12.1. The lowest BCUT2D eigenvalue weighted by atomic mass is 10.1. The molecule has 0 amide bonds. The van der Waals surface area contributed by atoms with E-state index in [0.29, 0.717) is 13.1 Å². The summed E-state index contributed by atoms with van der Waals surface area (Å²) in [6.07, 6.45) is 1.58. The van der Waals surface area contributed by atoms with E-state index in [1.807, 2.05) is 30.3 Å². The molecular weight excluding hydrogens is 274 g/mol. The molecule has 0 aromatic heterocycles. The molecule has 6 heteroatoms. The van der Waals surface area contributed by atoms with E-state index >= 15 is 0 Å². The molecule has 1 fully saturated rings. The van der Waals surface area contributed by atoms with E-state index in [-0.39, 0.29) is 6.04 Å². The summed E-state index contributed by atoms with van der Waals surface area (Å²) in [7, 11) is -0.185. The predicted octanol–water partition coefficient (Wildman–Crippen LogP) is 0.699. The van der Waals surface area contributed by atoms with Crippen LogP contribution in [-0.2, 0) is 16.6 Å². The van der Waals surface area contributed by atoms with Crippen LogP contribution in [0.25, 0.3) is 0 Å². The van der Waals surface area contributed by atoms with Crippen LogP contribution >= 0.6 is 0 Å². The molecule has 0 saturated carbocycles. The van der Waals surface area contributed by atoms with Gasteiger partial charge in [-0.1, -0.05) is 30.3 Å². The van der Waals surface area contributed by atoms with Crippen LogP contribution in [0.4, 0.5) is 0 Å². The van der Waals surface area contributed by atoms with Crippen molar-refractivity contribution in [2.45, 2.75) is 18.9 Å². The second kappa shape index (κ2) is 6.67. The highest BCUT2D eigenvalue weighted by Crippen LogP contribution is 2.16. The van der Waals surface area contributed by atoms with Crippen LogP contribution in [0.3, 0.4) is 0 Å². The Bertz CT molecular complexity index is 516. The maximum atomic E-state index is 12.5. The number of nitrogens with zero attached hydrogens (tertiary/aromatic N) is 2. The van der Waals surface area contributed by atoms with Crippen molar-refractivity contribution in [2.75, 3.05) is 33.7 Å². The van der Waals surface area contributed by atoms with Gasteiger partial charge in [0.15, 0.2) is 0 Å². The fourth-order valence-corrected chi connectivity index (χ4v) is 3.79. The highest BCUT2D eigenvalue weighted by molar-refractivity contribution is 7.86. The number of benzene rings is 1. The SMILES string of the molecule is CN(C)S(=O)(=O)N1CCCNCC1Cc1ccccc1.